The van der Waals surface area contributed by atoms with Crippen LogP contribution in [0.3, 0.4) is 0 Å². The first-order valence-corrected chi connectivity index (χ1v) is 9.38. The summed E-state index contributed by atoms with van der Waals surface area (Å²) < 4.78 is 12.5. The van der Waals surface area contributed by atoms with Crippen molar-refractivity contribution in [3.05, 3.63) is 22.8 Å². The number of esters is 1. The minimum atomic E-state index is -0.468. The van der Waals surface area contributed by atoms with Crippen molar-refractivity contribution in [3.8, 4) is 0 Å². The summed E-state index contributed by atoms with van der Waals surface area (Å²) in [6, 6.07) is 6.10. The summed E-state index contributed by atoms with van der Waals surface area (Å²) >= 11 is 3.44. The maximum Gasteiger partial charge on any atom is 0.312 e. The van der Waals surface area contributed by atoms with Crippen LogP contribution in [-0.2, 0) is 14.3 Å². The third kappa shape index (κ3) is 3.91. The molecule has 132 valence electrons. The number of aromatic nitrogens is 1. The number of fused-ring (bicyclic) bond motifs is 1. The third-order valence-corrected chi connectivity index (χ3v) is 4.96. The molecule has 0 spiro atoms. The molecule has 24 heavy (non-hydrogen) atoms. The van der Waals surface area contributed by atoms with Gasteiger partial charge in [-0.05, 0) is 68.1 Å². The Labute approximate surface area is 151 Å². The van der Waals surface area contributed by atoms with Crippen molar-refractivity contribution in [2.24, 2.45) is 5.92 Å². The fraction of sp³-hybridized carbons (Fsp3) is 0.667. The van der Waals surface area contributed by atoms with Gasteiger partial charge in [-0.1, -0.05) is 6.07 Å². The topological polar surface area (TPSA) is 51.7 Å². The van der Waals surface area contributed by atoms with E-state index in [1.165, 1.54) is 0 Å². The molecule has 1 aromatic heterocycles. The van der Waals surface area contributed by atoms with Gasteiger partial charge in [0.25, 0.3) is 0 Å². The number of carbonyl (C=O) groups excluding carboxylic acids is 1. The number of carbonyl (C=O) groups is 1. The van der Waals surface area contributed by atoms with E-state index in [1.54, 1.807) is 0 Å². The van der Waals surface area contributed by atoms with Gasteiger partial charge in [-0.3, -0.25) is 4.79 Å². The molecule has 3 atom stereocenters. The molecule has 0 amide bonds. The molecule has 3 heterocycles. The third-order valence-electron chi connectivity index (χ3n) is 4.52. The van der Waals surface area contributed by atoms with Gasteiger partial charge in [0, 0.05) is 13.2 Å². The first-order valence-electron chi connectivity index (χ1n) is 8.59. The SMILES string of the molecule is CC(C)(C)OC(=O)[C@@H]1CCN(c2cccc(Br)n2)[C@H]2CCCO[C@H]12. The second-order valence-corrected chi connectivity index (χ2v) is 8.30. The van der Waals surface area contributed by atoms with Crippen LogP contribution in [0.25, 0.3) is 0 Å². The predicted molar refractivity (Wildman–Crippen MR) is 96.0 cm³/mol. The van der Waals surface area contributed by atoms with Gasteiger partial charge < -0.3 is 14.4 Å². The van der Waals surface area contributed by atoms with Crippen molar-refractivity contribution in [1.82, 2.24) is 4.98 Å². The lowest BCUT2D eigenvalue weighted by Crippen LogP contribution is -2.58. The Morgan fingerprint density at radius 2 is 2.17 bits per heavy atom. The standard InChI is InChI=1S/C18H25BrN2O3/c1-18(2,3)24-17(22)12-9-10-21(13-6-5-11-23-16(12)13)15-8-4-7-14(19)20-15/h4,7-8,12-13,16H,5-6,9-11H2,1-3H3/t12-,13+,16-/m1/s1. The molecule has 0 saturated carbocycles. The van der Waals surface area contributed by atoms with Crippen LogP contribution < -0.4 is 4.90 Å². The molecule has 2 saturated heterocycles. The van der Waals surface area contributed by atoms with E-state index < -0.39 is 5.60 Å². The molecule has 2 aliphatic heterocycles. The van der Waals surface area contributed by atoms with Crippen LogP contribution >= 0.6 is 15.9 Å². The fourth-order valence-electron chi connectivity index (χ4n) is 3.58. The number of hydrogen-bond donors (Lipinski definition) is 0. The second kappa shape index (κ2) is 7.00. The maximum atomic E-state index is 12.6. The van der Waals surface area contributed by atoms with E-state index in [-0.39, 0.29) is 24.0 Å². The zero-order valence-corrected chi connectivity index (χ0v) is 16.1. The lowest BCUT2D eigenvalue weighted by atomic mass is 9.84. The Morgan fingerprint density at radius 1 is 1.38 bits per heavy atom. The van der Waals surface area contributed by atoms with Crippen molar-refractivity contribution < 1.29 is 14.3 Å². The molecule has 0 bridgehead atoms. The van der Waals surface area contributed by atoms with Crippen molar-refractivity contribution in [2.45, 2.75) is 57.8 Å². The highest BCUT2D eigenvalue weighted by Crippen LogP contribution is 2.35. The van der Waals surface area contributed by atoms with Crippen LogP contribution in [0, 0.1) is 5.92 Å². The summed E-state index contributed by atoms with van der Waals surface area (Å²) in [6.07, 6.45) is 2.62. The Kier molecular flexibility index (Phi) is 5.16. The second-order valence-electron chi connectivity index (χ2n) is 7.49. The molecule has 1 aromatic rings. The number of rotatable bonds is 2. The van der Waals surface area contributed by atoms with E-state index in [1.807, 2.05) is 39.0 Å². The van der Waals surface area contributed by atoms with Gasteiger partial charge in [0.1, 0.15) is 16.0 Å². The van der Waals surface area contributed by atoms with E-state index in [9.17, 15) is 4.79 Å². The number of pyridine rings is 1. The lowest BCUT2D eigenvalue weighted by Gasteiger charge is -2.47. The highest BCUT2D eigenvalue weighted by atomic mass is 79.9. The zero-order valence-electron chi connectivity index (χ0n) is 14.5. The average Bonchev–Trinajstić information content (AvgIpc) is 2.52. The largest absolute Gasteiger partial charge is 0.460 e. The van der Waals surface area contributed by atoms with E-state index >= 15 is 0 Å². The van der Waals surface area contributed by atoms with Gasteiger partial charge in [-0.15, -0.1) is 0 Å². The van der Waals surface area contributed by atoms with Gasteiger partial charge in [-0.2, -0.15) is 0 Å². The minimum Gasteiger partial charge on any atom is -0.460 e. The van der Waals surface area contributed by atoms with Crippen molar-refractivity contribution in [3.63, 3.8) is 0 Å². The number of hydrogen-bond acceptors (Lipinski definition) is 5. The summed E-state index contributed by atoms with van der Waals surface area (Å²) in [4.78, 5) is 19.5. The van der Waals surface area contributed by atoms with Crippen molar-refractivity contribution >= 4 is 27.7 Å². The number of piperidine rings is 1. The predicted octanol–water partition coefficient (Wildman–Crippen LogP) is 3.56. The van der Waals surface area contributed by atoms with Crippen LogP contribution in [0.2, 0.25) is 0 Å². The molecule has 0 unspecified atom stereocenters. The number of anilines is 1. The van der Waals surface area contributed by atoms with Crippen LogP contribution in [0.1, 0.15) is 40.0 Å². The molecule has 0 N–H and O–H groups in total. The molecule has 2 aliphatic rings. The Hall–Kier alpha value is -1.14. The Bertz CT molecular complexity index is 602. The summed E-state index contributed by atoms with van der Waals surface area (Å²) in [5.41, 5.74) is -0.468. The highest BCUT2D eigenvalue weighted by Gasteiger charge is 2.45. The molecule has 6 heteroatoms. The van der Waals surface area contributed by atoms with E-state index in [0.29, 0.717) is 6.61 Å². The van der Waals surface area contributed by atoms with E-state index in [4.69, 9.17) is 9.47 Å². The van der Waals surface area contributed by atoms with E-state index in [0.717, 1.165) is 36.2 Å². The highest BCUT2D eigenvalue weighted by molar-refractivity contribution is 9.10. The monoisotopic (exact) mass is 396 g/mol. The van der Waals surface area contributed by atoms with Gasteiger partial charge in [0.05, 0.1) is 18.1 Å². The smallest absolute Gasteiger partial charge is 0.312 e. The summed E-state index contributed by atoms with van der Waals surface area (Å²) in [5.74, 6) is 0.603. The minimum absolute atomic E-state index is 0.122. The van der Waals surface area contributed by atoms with Crippen molar-refractivity contribution in [1.29, 1.82) is 0 Å². The van der Waals surface area contributed by atoms with Gasteiger partial charge in [0.2, 0.25) is 0 Å². The number of ether oxygens (including phenoxy) is 2. The lowest BCUT2D eigenvalue weighted by molar-refractivity contribution is -0.170. The molecule has 0 aromatic carbocycles. The molecule has 0 aliphatic carbocycles. The number of nitrogens with zero attached hydrogens (tertiary/aromatic N) is 2. The van der Waals surface area contributed by atoms with Gasteiger partial charge >= 0.3 is 5.97 Å². The first-order chi connectivity index (χ1) is 11.3. The average molecular weight is 397 g/mol. The van der Waals surface area contributed by atoms with Crippen LogP contribution in [0.5, 0.6) is 0 Å². The molecule has 0 radical (unpaired) electrons. The zero-order chi connectivity index (χ0) is 17.3. The molecule has 2 fully saturated rings. The fourth-order valence-corrected chi connectivity index (χ4v) is 3.92. The van der Waals surface area contributed by atoms with E-state index in [2.05, 4.69) is 25.8 Å². The van der Waals surface area contributed by atoms with Gasteiger partial charge in [0.15, 0.2) is 0 Å². The molecular formula is C18H25BrN2O3. The van der Waals surface area contributed by atoms with Crippen LogP contribution in [0.4, 0.5) is 5.82 Å². The van der Waals surface area contributed by atoms with Crippen LogP contribution in [0.15, 0.2) is 22.8 Å². The Morgan fingerprint density at radius 3 is 2.88 bits per heavy atom. The molecule has 3 rings (SSSR count). The maximum absolute atomic E-state index is 12.6. The summed E-state index contributed by atoms with van der Waals surface area (Å²) in [7, 11) is 0. The van der Waals surface area contributed by atoms with Gasteiger partial charge in [-0.25, -0.2) is 4.98 Å². The normalized spacial score (nSPS) is 27.5. The Balaban J connectivity index is 1.81. The first kappa shape index (κ1) is 17.7. The summed E-state index contributed by atoms with van der Waals surface area (Å²) in [6.45, 7) is 7.22. The molecule has 5 nitrogen and oxygen atoms in total. The van der Waals surface area contributed by atoms with Crippen LogP contribution in [-0.4, -0.2) is 41.9 Å². The molecular weight excluding hydrogens is 372 g/mol. The number of halogens is 1. The van der Waals surface area contributed by atoms with Crippen molar-refractivity contribution in [2.75, 3.05) is 18.1 Å². The summed E-state index contributed by atoms with van der Waals surface area (Å²) in [5, 5.41) is 0. The quantitative estimate of drug-likeness (QED) is 0.564.